The minimum Gasteiger partial charge on any atom is -0.147 e. The van der Waals surface area contributed by atoms with E-state index in [0.29, 0.717) is 0 Å². The van der Waals surface area contributed by atoms with Crippen LogP contribution in [0.5, 0.6) is 0 Å². The van der Waals surface area contributed by atoms with Gasteiger partial charge in [0, 0.05) is 0 Å². The van der Waals surface area contributed by atoms with Crippen LogP contribution in [0.3, 0.4) is 0 Å². The van der Waals surface area contributed by atoms with Crippen LogP contribution >= 0.6 is 24.8 Å². The van der Waals surface area contributed by atoms with Crippen LogP contribution in [0.4, 0.5) is 0 Å². The third kappa shape index (κ3) is 3.90. The van der Waals surface area contributed by atoms with Crippen molar-refractivity contribution in [1.29, 1.82) is 0 Å². The third-order valence-corrected chi connectivity index (χ3v) is 11.8. The molecule has 19 heavy (non-hydrogen) atoms. The molecule has 0 fully saturated rings. The molecule has 0 radical (unpaired) electrons. The van der Waals surface area contributed by atoms with E-state index in [4.69, 9.17) is 0 Å². The standard InChI is InChI=1S/C8H11.C5H5.C3H6.2ClH.Zr/c1-6-4-5-7(2)8(6)3;1-2-4-5-3-1;1-3-2;;;/h4H2,1-3H3;1-3H,4H2;1-2H3;2*1H;. The van der Waals surface area contributed by atoms with Crippen molar-refractivity contribution >= 4 is 28.0 Å². The molecule has 2 rings (SSSR count). The van der Waals surface area contributed by atoms with Crippen molar-refractivity contribution in [2.24, 2.45) is 0 Å². The smallest absolute Gasteiger partial charge is 0.147 e. The van der Waals surface area contributed by atoms with E-state index in [2.05, 4.69) is 52.8 Å². The first kappa shape index (κ1) is 19.3. The monoisotopic (exact) mass is 376 g/mol. The SMILES string of the molecule is CC1=C(C)C(C)=[C]([Zr]([C]2=CC=CC2)=[C](C)C)C1.Cl.Cl. The molecule has 106 valence electrons. The van der Waals surface area contributed by atoms with Crippen molar-refractivity contribution < 1.29 is 21.3 Å². The number of allylic oxidation sites excluding steroid dienone is 8. The van der Waals surface area contributed by atoms with Crippen molar-refractivity contribution in [2.75, 3.05) is 0 Å². The largest absolute Gasteiger partial charge is 0.147 e. The Kier molecular flexibility index (Phi) is 8.04. The van der Waals surface area contributed by atoms with Gasteiger partial charge in [-0.25, -0.2) is 0 Å². The van der Waals surface area contributed by atoms with E-state index in [0.717, 1.165) is 0 Å². The topological polar surface area (TPSA) is 0 Å². The molecule has 0 aromatic carbocycles. The van der Waals surface area contributed by atoms with Gasteiger partial charge >= 0.3 is 113 Å². The van der Waals surface area contributed by atoms with Crippen molar-refractivity contribution in [1.82, 2.24) is 0 Å². The van der Waals surface area contributed by atoms with Crippen LogP contribution < -0.4 is 0 Å². The zero-order valence-electron chi connectivity index (χ0n) is 12.5. The van der Waals surface area contributed by atoms with Crippen LogP contribution in [0.1, 0.15) is 47.5 Å². The van der Waals surface area contributed by atoms with Gasteiger partial charge in [0.2, 0.25) is 0 Å². The first-order valence-corrected chi connectivity index (χ1v) is 10.1. The van der Waals surface area contributed by atoms with Gasteiger partial charge in [-0.2, -0.15) is 0 Å². The Morgan fingerprint density at radius 1 is 1.05 bits per heavy atom. The van der Waals surface area contributed by atoms with Crippen molar-refractivity contribution in [2.45, 2.75) is 47.5 Å². The predicted octanol–water partition coefficient (Wildman–Crippen LogP) is 5.52. The molecule has 0 amide bonds. The third-order valence-electron chi connectivity index (χ3n) is 3.99. The Morgan fingerprint density at radius 2 is 1.68 bits per heavy atom. The second-order valence-corrected chi connectivity index (χ2v) is 12.7. The van der Waals surface area contributed by atoms with E-state index < -0.39 is 21.3 Å². The average Bonchev–Trinajstić information content (AvgIpc) is 2.85. The summed E-state index contributed by atoms with van der Waals surface area (Å²) >= 11 is -1.64. The molecule has 3 heteroatoms. The molecule has 2 aliphatic rings. The van der Waals surface area contributed by atoms with Gasteiger partial charge in [-0.15, -0.1) is 24.8 Å². The minimum absolute atomic E-state index is 0. The maximum Gasteiger partial charge on any atom is -0.147 e. The number of rotatable bonds is 2. The van der Waals surface area contributed by atoms with E-state index in [-0.39, 0.29) is 24.8 Å². The first-order chi connectivity index (χ1) is 8.02. The van der Waals surface area contributed by atoms with E-state index in [1.165, 1.54) is 12.8 Å². The second kappa shape index (κ2) is 7.91. The summed E-state index contributed by atoms with van der Waals surface area (Å²) in [4.78, 5) is 0. The fourth-order valence-electron chi connectivity index (χ4n) is 2.80. The number of hydrogen-bond donors (Lipinski definition) is 0. The fraction of sp³-hybridized carbons (Fsp3) is 0.438. The van der Waals surface area contributed by atoms with Gasteiger partial charge in [0.1, 0.15) is 0 Å². The maximum atomic E-state index is 2.39. The summed E-state index contributed by atoms with van der Waals surface area (Å²) in [5.74, 6) is 0. The molecule has 0 N–H and O–H groups in total. The van der Waals surface area contributed by atoms with Gasteiger partial charge < -0.3 is 0 Å². The molecule has 0 bridgehead atoms. The van der Waals surface area contributed by atoms with Gasteiger partial charge in [-0.3, -0.25) is 0 Å². The van der Waals surface area contributed by atoms with Crippen molar-refractivity contribution in [3.8, 4) is 0 Å². The molecule has 0 aromatic rings. The predicted molar refractivity (Wildman–Crippen MR) is 88.4 cm³/mol. The number of hydrogen-bond acceptors (Lipinski definition) is 0. The number of halogens is 2. The Labute approximate surface area is 137 Å². The quantitative estimate of drug-likeness (QED) is 0.594. The van der Waals surface area contributed by atoms with E-state index in [1.807, 2.05) is 3.28 Å². The summed E-state index contributed by atoms with van der Waals surface area (Å²) in [5.41, 5.74) is 4.78. The Hall–Kier alpha value is 0.293. The second-order valence-electron chi connectivity index (χ2n) is 5.38. The molecule has 0 nitrogen and oxygen atoms in total. The Bertz CT molecular complexity index is 513. The first-order valence-electron chi connectivity index (χ1n) is 6.42. The molecule has 0 aliphatic heterocycles. The van der Waals surface area contributed by atoms with Crippen LogP contribution in [0.25, 0.3) is 0 Å². The summed E-state index contributed by atoms with van der Waals surface area (Å²) in [6.07, 6.45) is 9.43. The molecule has 0 aromatic heterocycles. The van der Waals surface area contributed by atoms with Gasteiger partial charge in [0.25, 0.3) is 0 Å². The molecule has 2 aliphatic carbocycles. The molecule has 0 saturated carbocycles. The van der Waals surface area contributed by atoms with Gasteiger partial charge in [0.05, 0.1) is 0 Å². The van der Waals surface area contributed by atoms with Crippen molar-refractivity contribution in [3.63, 3.8) is 0 Å². The maximum absolute atomic E-state index is 2.39. The fourth-order valence-corrected chi connectivity index (χ4v) is 10.7. The van der Waals surface area contributed by atoms with E-state index in [9.17, 15) is 0 Å². The normalized spacial score (nSPS) is 17.2. The van der Waals surface area contributed by atoms with Crippen LogP contribution in [-0.4, -0.2) is 3.21 Å². The molecular weight excluding hydrogens is 354 g/mol. The van der Waals surface area contributed by atoms with Gasteiger partial charge in [-0.1, -0.05) is 0 Å². The van der Waals surface area contributed by atoms with Crippen molar-refractivity contribution in [3.05, 3.63) is 41.5 Å². The van der Waals surface area contributed by atoms with Crippen LogP contribution in [0, 0.1) is 0 Å². The molecule has 0 unspecified atom stereocenters. The molecule has 0 heterocycles. The Balaban J connectivity index is 0.00000162. The Morgan fingerprint density at radius 3 is 2.05 bits per heavy atom. The molecular formula is C16H24Cl2Zr. The van der Waals surface area contributed by atoms with Crippen LogP contribution in [0.15, 0.2) is 41.5 Å². The average molecular weight is 378 g/mol. The summed E-state index contributed by atoms with van der Waals surface area (Å²) in [6, 6.07) is 0. The van der Waals surface area contributed by atoms with Gasteiger partial charge in [-0.05, 0) is 0 Å². The van der Waals surface area contributed by atoms with Crippen LogP contribution in [-0.2, 0) is 21.3 Å². The summed E-state index contributed by atoms with van der Waals surface area (Å²) < 4.78 is 5.32. The molecule has 0 atom stereocenters. The summed E-state index contributed by atoms with van der Waals surface area (Å²) in [6.45, 7) is 11.7. The van der Waals surface area contributed by atoms with Gasteiger partial charge in [0.15, 0.2) is 0 Å². The zero-order chi connectivity index (χ0) is 12.6. The molecule has 0 spiro atoms. The van der Waals surface area contributed by atoms with Crippen LogP contribution in [0.2, 0.25) is 0 Å². The zero-order valence-corrected chi connectivity index (χ0v) is 16.6. The summed E-state index contributed by atoms with van der Waals surface area (Å²) in [5, 5.41) is 0. The minimum atomic E-state index is -1.64. The summed E-state index contributed by atoms with van der Waals surface area (Å²) in [7, 11) is 0. The van der Waals surface area contributed by atoms with E-state index in [1.54, 1.807) is 23.2 Å². The van der Waals surface area contributed by atoms with E-state index >= 15 is 0 Å². The molecule has 0 saturated heterocycles.